The van der Waals surface area contributed by atoms with Crippen LogP contribution in [0.3, 0.4) is 0 Å². The van der Waals surface area contributed by atoms with Crippen LogP contribution in [0.5, 0.6) is 11.5 Å². The van der Waals surface area contributed by atoms with Crippen molar-refractivity contribution in [1.82, 2.24) is 15.5 Å². The van der Waals surface area contributed by atoms with Crippen LogP contribution in [0.2, 0.25) is 0 Å². The Balaban J connectivity index is 1.88. The van der Waals surface area contributed by atoms with E-state index < -0.39 is 41.8 Å². The number of hydrogen-bond acceptors (Lipinski definition) is 7. The molecule has 4 N–H and O–H groups in total. The second-order valence-electron chi connectivity index (χ2n) is 9.55. The van der Waals surface area contributed by atoms with Gasteiger partial charge in [-0.3, -0.25) is 14.4 Å². The van der Waals surface area contributed by atoms with Crippen molar-refractivity contribution in [3.05, 3.63) is 71.8 Å². The van der Waals surface area contributed by atoms with Crippen molar-refractivity contribution in [3.8, 4) is 11.5 Å². The van der Waals surface area contributed by atoms with E-state index in [0.717, 1.165) is 0 Å². The highest BCUT2D eigenvalue weighted by molar-refractivity contribution is 5.97. The number of aromatic hydroxyl groups is 2. The van der Waals surface area contributed by atoms with Crippen molar-refractivity contribution in [2.45, 2.75) is 57.7 Å². The first-order chi connectivity index (χ1) is 18.6. The summed E-state index contributed by atoms with van der Waals surface area (Å²) in [6.45, 7) is 7.37. The summed E-state index contributed by atoms with van der Waals surface area (Å²) in [6, 6.07) is 9.63. The average molecular weight is 538 g/mol. The zero-order valence-corrected chi connectivity index (χ0v) is 22.2. The molecule has 0 saturated carbocycles. The number of amides is 3. The van der Waals surface area contributed by atoms with Crippen molar-refractivity contribution in [1.29, 1.82) is 0 Å². The molecule has 1 aliphatic rings. The lowest BCUT2D eigenvalue weighted by Crippen LogP contribution is -2.57. The second-order valence-corrected chi connectivity index (χ2v) is 9.55. The van der Waals surface area contributed by atoms with E-state index in [2.05, 4.69) is 17.2 Å². The molecule has 1 fully saturated rings. The normalized spacial score (nSPS) is 16.2. The summed E-state index contributed by atoms with van der Waals surface area (Å²) >= 11 is 0. The van der Waals surface area contributed by atoms with Crippen molar-refractivity contribution in [2.24, 2.45) is 0 Å². The first-order valence-corrected chi connectivity index (χ1v) is 12.9. The minimum Gasteiger partial charge on any atom is -0.508 e. The van der Waals surface area contributed by atoms with Gasteiger partial charge in [-0.1, -0.05) is 30.8 Å². The molecule has 1 heterocycles. The molecule has 0 radical (unpaired) electrons. The van der Waals surface area contributed by atoms with Gasteiger partial charge < -0.3 is 30.5 Å². The van der Waals surface area contributed by atoms with Crippen molar-refractivity contribution in [3.63, 3.8) is 0 Å². The molecule has 3 rings (SSSR count). The fourth-order valence-corrected chi connectivity index (χ4v) is 4.41. The molecule has 208 valence electrons. The zero-order valence-electron chi connectivity index (χ0n) is 22.2. The standard InChI is InChI=1S/C29H35N3O7/c1-4-39-29(38)25-6-5-15-32(25)28(37)24(17-20-9-13-22(34)14-10-20)31-27(36)23(30-26(35)18(2)3)16-19-7-11-21(33)12-8-19/h7-14,23-25,33-34H,2,4-6,15-17H2,1,3H3,(H,30,35)(H,31,36)/t23-,24-,25-/m1/s1. The summed E-state index contributed by atoms with van der Waals surface area (Å²) in [4.78, 5) is 53.7. The molecule has 1 saturated heterocycles. The third-order valence-electron chi connectivity index (χ3n) is 6.47. The van der Waals surface area contributed by atoms with E-state index in [1.54, 1.807) is 31.2 Å². The molecule has 10 heteroatoms. The lowest BCUT2D eigenvalue weighted by atomic mass is 10.0. The Labute approximate surface area is 227 Å². The Kier molecular flexibility index (Phi) is 10.1. The highest BCUT2D eigenvalue weighted by Gasteiger charge is 2.39. The van der Waals surface area contributed by atoms with E-state index in [1.807, 2.05) is 0 Å². The molecule has 3 atom stereocenters. The van der Waals surface area contributed by atoms with Crippen LogP contribution >= 0.6 is 0 Å². The van der Waals surface area contributed by atoms with Crippen LogP contribution in [0.15, 0.2) is 60.7 Å². The summed E-state index contributed by atoms with van der Waals surface area (Å²) in [7, 11) is 0. The molecule has 39 heavy (non-hydrogen) atoms. The lowest BCUT2D eigenvalue weighted by molar-refractivity contribution is -0.153. The summed E-state index contributed by atoms with van der Waals surface area (Å²) in [5.41, 5.74) is 1.57. The molecule has 2 aromatic carbocycles. The molecule has 0 spiro atoms. The summed E-state index contributed by atoms with van der Waals surface area (Å²) < 4.78 is 5.16. The van der Waals surface area contributed by atoms with Gasteiger partial charge in [-0.15, -0.1) is 0 Å². The number of likely N-dealkylation sites (tertiary alicyclic amines) is 1. The fourth-order valence-electron chi connectivity index (χ4n) is 4.41. The van der Waals surface area contributed by atoms with Crippen molar-refractivity contribution in [2.75, 3.05) is 13.2 Å². The summed E-state index contributed by atoms with van der Waals surface area (Å²) in [6.07, 6.45) is 1.27. The van der Waals surface area contributed by atoms with E-state index in [1.165, 1.54) is 36.1 Å². The maximum Gasteiger partial charge on any atom is 0.328 e. The number of phenolic OH excluding ortho intramolecular Hbond substituents is 2. The fraction of sp³-hybridized carbons (Fsp3) is 0.379. The Morgan fingerprint density at radius 1 is 0.949 bits per heavy atom. The van der Waals surface area contributed by atoms with Crippen molar-refractivity contribution >= 4 is 23.7 Å². The summed E-state index contributed by atoms with van der Waals surface area (Å²) in [5.74, 6) is -1.92. The van der Waals surface area contributed by atoms with E-state index >= 15 is 0 Å². The molecule has 0 aliphatic carbocycles. The SMILES string of the molecule is C=C(C)C(=O)N[C@H](Cc1ccc(O)cc1)C(=O)N[C@H](Cc1ccc(O)cc1)C(=O)N1CCC[C@@H]1C(=O)OCC. The van der Waals surface area contributed by atoms with E-state index in [0.29, 0.717) is 30.5 Å². The number of benzene rings is 2. The second kappa shape index (κ2) is 13.5. The molecule has 0 unspecified atom stereocenters. The maximum absolute atomic E-state index is 13.7. The quantitative estimate of drug-likeness (QED) is 0.253. The molecular formula is C29H35N3O7. The zero-order chi connectivity index (χ0) is 28.5. The Hall–Kier alpha value is -4.34. The van der Waals surface area contributed by atoms with Gasteiger partial charge in [0, 0.05) is 25.0 Å². The van der Waals surface area contributed by atoms with Crippen LogP contribution in [-0.4, -0.2) is 70.1 Å². The third-order valence-corrected chi connectivity index (χ3v) is 6.47. The lowest BCUT2D eigenvalue weighted by Gasteiger charge is -2.29. The van der Waals surface area contributed by atoms with Crippen LogP contribution in [-0.2, 0) is 36.8 Å². The number of hydrogen-bond donors (Lipinski definition) is 4. The smallest absolute Gasteiger partial charge is 0.328 e. The van der Waals surface area contributed by atoms with Gasteiger partial charge in [-0.2, -0.15) is 0 Å². The molecule has 3 amide bonds. The average Bonchev–Trinajstić information content (AvgIpc) is 3.40. The maximum atomic E-state index is 13.7. The van der Waals surface area contributed by atoms with Gasteiger partial charge in [0.1, 0.15) is 29.6 Å². The third kappa shape index (κ3) is 8.07. The predicted molar refractivity (Wildman–Crippen MR) is 144 cm³/mol. The number of rotatable bonds is 11. The van der Waals surface area contributed by atoms with Gasteiger partial charge in [-0.25, -0.2) is 4.79 Å². The highest BCUT2D eigenvalue weighted by atomic mass is 16.5. The van der Waals surface area contributed by atoms with Crippen LogP contribution in [0, 0.1) is 0 Å². The van der Waals surface area contributed by atoms with Gasteiger partial charge >= 0.3 is 5.97 Å². The molecule has 0 bridgehead atoms. The molecule has 0 aromatic heterocycles. The van der Waals surface area contributed by atoms with Gasteiger partial charge in [0.15, 0.2) is 0 Å². The Morgan fingerprint density at radius 3 is 2.00 bits per heavy atom. The topological polar surface area (TPSA) is 145 Å². The first-order valence-electron chi connectivity index (χ1n) is 12.9. The van der Waals surface area contributed by atoms with Crippen LogP contribution in [0.25, 0.3) is 0 Å². The number of esters is 1. The monoisotopic (exact) mass is 537 g/mol. The minimum absolute atomic E-state index is 0.0593. The number of nitrogens with one attached hydrogen (secondary N) is 2. The Morgan fingerprint density at radius 2 is 1.49 bits per heavy atom. The van der Waals surface area contributed by atoms with Gasteiger partial charge in [-0.05, 0) is 62.1 Å². The number of ether oxygens (including phenoxy) is 1. The molecular weight excluding hydrogens is 502 g/mol. The molecule has 2 aromatic rings. The molecule has 1 aliphatic heterocycles. The Bertz CT molecular complexity index is 1190. The highest BCUT2D eigenvalue weighted by Crippen LogP contribution is 2.21. The van der Waals surface area contributed by atoms with E-state index in [4.69, 9.17) is 4.74 Å². The van der Waals surface area contributed by atoms with Gasteiger partial charge in [0.25, 0.3) is 0 Å². The number of carbonyl (C=O) groups is 4. The largest absolute Gasteiger partial charge is 0.508 e. The number of phenols is 2. The van der Waals surface area contributed by atoms with Gasteiger partial charge in [0.2, 0.25) is 17.7 Å². The molecule has 10 nitrogen and oxygen atoms in total. The van der Waals surface area contributed by atoms with E-state index in [9.17, 15) is 29.4 Å². The van der Waals surface area contributed by atoms with Crippen LogP contribution < -0.4 is 10.6 Å². The first kappa shape index (κ1) is 29.2. The van der Waals surface area contributed by atoms with Crippen LogP contribution in [0.1, 0.15) is 37.8 Å². The van der Waals surface area contributed by atoms with Crippen LogP contribution in [0.4, 0.5) is 0 Å². The number of carbonyl (C=O) groups excluding carboxylic acids is 4. The van der Waals surface area contributed by atoms with Gasteiger partial charge in [0.05, 0.1) is 6.61 Å². The van der Waals surface area contributed by atoms with Crippen molar-refractivity contribution < 1.29 is 34.1 Å². The van der Waals surface area contributed by atoms with E-state index in [-0.39, 0.29) is 36.5 Å². The number of nitrogens with zero attached hydrogens (tertiary/aromatic N) is 1. The minimum atomic E-state index is -1.05. The summed E-state index contributed by atoms with van der Waals surface area (Å²) in [5, 5.41) is 24.7. The predicted octanol–water partition coefficient (Wildman–Crippen LogP) is 1.98.